The molecule has 7 nitrogen and oxygen atoms in total. The number of methoxy groups -OCH3 is 1. The number of nitrogens with one attached hydrogen (secondary N) is 1. The summed E-state index contributed by atoms with van der Waals surface area (Å²) in [6, 6.07) is 11.3. The zero-order valence-corrected chi connectivity index (χ0v) is 16.4. The summed E-state index contributed by atoms with van der Waals surface area (Å²) < 4.78 is 10.1. The normalized spacial score (nSPS) is 11.8. The lowest BCUT2D eigenvalue weighted by Gasteiger charge is -2.16. The van der Waals surface area contributed by atoms with Gasteiger partial charge in [-0.1, -0.05) is 11.6 Å². The second kappa shape index (κ2) is 8.36. The number of benzene rings is 2. The van der Waals surface area contributed by atoms with Gasteiger partial charge in [-0.05, 0) is 49.4 Å². The van der Waals surface area contributed by atoms with Crippen molar-refractivity contribution in [2.75, 3.05) is 13.7 Å². The molecular weight excluding hydrogens is 398 g/mol. The number of aromatic amines is 1. The minimum Gasteiger partial charge on any atom is -0.497 e. The summed E-state index contributed by atoms with van der Waals surface area (Å²) in [7, 11) is 1.51. The van der Waals surface area contributed by atoms with E-state index in [0.29, 0.717) is 32.9 Å². The Kier molecular flexibility index (Phi) is 5.89. The number of halogens is 1. The Morgan fingerprint density at radius 1 is 1.14 bits per heavy atom. The van der Waals surface area contributed by atoms with Crippen LogP contribution in [0, 0.1) is 6.92 Å². The van der Waals surface area contributed by atoms with Gasteiger partial charge in [0.15, 0.2) is 12.4 Å². The second-order valence-corrected chi connectivity index (χ2v) is 6.82. The lowest BCUT2D eigenvalue weighted by molar-refractivity contribution is -0.155. The van der Waals surface area contributed by atoms with Gasteiger partial charge < -0.3 is 19.6 Å². The molecule has 0 saturated carbocycles. The van der Waals surface area contributed by atoms with Gasteiger partial charge in [0.2, 0.25) is 0 Å². The second-order valence-electron chi connectivity index (χ2n) is 6.38. The highest BCUT2D eigenvalue weighted by molar-refractivity contribution is 6.30. The van der Waals surface area contributed by atoms with E-state index >= 15 is 0 Å². The highest BCUT2D eigenvalue weighted by Crippen LogP contribution is 2.34. The van der Waals surface area contributed by atoms with Crippen LogP contribution >= 0.6 is 11.6 Å². The standard InChI is InChI=1S/C21H18ClNO6/c1-11-18(15-9-14(28-2)7-8-16(15)23-11)19(21(27)29-10-17(24)25)20(26)12-3-5-13(22)6-4-12/h3-9,19,23H,10H2,1-2H3,(H,24,25). The van der Waals surface area contributed by atoms with Crippen molar-refractivity contribution in [2.45, 2.75) is 12.8 Å². The van der Waals surface area contributed by atoms with E-state index in [1.54, 1.807) is 37.3 Å². The van der Waals surface area contributed by atoms with Crippen molar-refractivity contribution in [3.8, 4) is 5.75 Å². The van der Waals surface area contributed by atoms with E-state index in [9.17, 15) is 14.4 Å². The van der Waals surface area contributed by atoms with E-state index in [0.717, 1.165) is 0 Å². The van der Waals surface area contributed by atoms with E-state index in [1.807, 2.05) is 0 Å². The van der Waals surface area contributed by atoms with Crippen molar-refractivity contribution in [1.29, 1.82) is 0 Å². The lowest BCUT2D eigenvalue weighted by atomic mass is 9.88. The summed E-state index contributed by atoms with van der Waals surface area (Å²) in [5.41, 5.74) is 1.96. The Hall–Kier alpha value is -3.32. The molecule has 0 amide bonds. The summed E-state index contributed by atoms with van der Waals surface area (Å²) in [6.07, 6.45) is 0. The molecule has 1 aromatic heterocycles. The number of aryl methyl sites for hydroxylation is 1. The summed E-state index contributed by atoms with van der Waals surface area (Å²) in [5, 5.41) is 9.91. The highest BCUT2D eigenvalue weighted by atomic mass is 35.5. The van der Waals surface area contributed by atoms with E-state index in [1.165, 1.54) is 19.2 Å². The zero-order valence-electron chi connectivity index (χ0n) is 15.7. The first kappa shape index (κ1) is 20.4. The average molecular weight is 416 g/mol. The molecule has 0 aliphatic rings. The van der Waals surface area contributed by atoms with Crippen molar-refractivity contribution >= 4 is 40.2 Å². The number of hydrogen-bond donors (Lipinski definition) is 2. The fourth-order valence-electron chi connectivity index (χ4n) is 3.18. The van der Waals surface area contributed by atoms with Crippen LogP contribution in [-0.4, -0.2) is 41.5 Å². The Labute approximate surface area is 171 Å². The third-order valence-electron chi connectivity index (χ3n) is 4.50. The van der Waals surface area contributed by atoms with Crippen LogP contribution in [0.15, 0.2) is 42.5 Å². The number of H-pyrrole nitrogens is 1. The number of ketones is 1. The largest absolute Gasteiger partial charge is 0.497 e. The van der Waals surface area contributed by atoms with Crippen LogP contribution in [0.2, 0.25) is 5.02 Å². The molecule has 0 spiro atoms. The topological polar surface area (TPSA) is 106 Å². The fourth-order valence-corrected chi connectivity index (χ4v) is 3.30. The van der Waals surface area contributed by atoms with Gasteiger partial charge in [-0.3, -0.25) is 9.59 Å². The molecule has 2 aromatic carbocycles. The fraction of sp³-hybridized carbons (Fsp3) is 0.190. The van der Waals surface area contributed by atoms with Crippen LogP contribution in [0.5, 0.6) is 5.75 Å². The molecule has 0 bridgehead atoms. The summed E-state index contributed by atoms with van der Waals surface area (Å²) in [5.74, 6) is -3.58. The number of Topliss-reactive ketones (excluding diaryl/α,β-unsaturated/α-hetero) is 1. The molecule has 1 heterocycles. The van der Waals surface area contributed by atoms with Crippen LogP contribution in [0.25, 0.3) is 10.9 Å². The molecule has 0 aliphatic heterocycles. The number of rotatable bonds is 7. The number of fused-ring (bicyclic) bond motifs is 1. The first-order valence-electron chi connectivity index (χ1n) is 8.66. The van der Waals surface area contributed by atoms with Crippen molar-refractivity contribution in [3.05, 3.63) is 64.3 Å². The number of carbonyl (C=O) groups excluding carboxylic acids is 2. The third kappa shape index (κ3) is 4.25. The van der Waals surface area contributed by atoms with E-state index in [4.69, 9.17) is 26.2 Å². The Morgan fingerprint density at radius 3 is 2.45 bits per heavy atom. The van der Waals surface area contributed by atoms with E-state index in [-0.39, 0.29) is 5.56 Å². The number of aliphatic carboxylic acids is 1. The SMILES string of the molecule is COc1ccc2[nH]c(C)c(C(C(=O)OCC(=O)O)C(=O)c3ccc(Cl)cc3)c2c1. The van der Waals surface area contributed by atoms with Gasteiger partial charge in [-0.2, -0.15) is 0 Å². The van der Waals surface area contributed by atoms with Gasteiger partial charge in [0.25, 0.3) is 0 Å². The Morgan fingerprint density at radius 2 is 1.83 bits per heavy atom. The van der Waals surface area contributed by atoms with Crippen LogP contribution < -0.4 is 4.74 Å². The molecule has 0 fully saturated rings. The van der Waals surface area contributed by atoms with Crippen molar-refractivity contribution in [1.82, 2.24) is 4.98 Å². The number of esters is 1. The summed E-state index contributed by atoms with van der Waals surface area (Å²) in [4.78, 5) is 40.0. The van der Waals surface area contributed by atoms with E-state index in [2.05, 4.69) is 4.98 Å². The number of carboxylic acid groups (broad SMARTS) is 1. The first-order chi connectivity index (χ1) is 13.8. The van der Waals surface area contributed by atoms with Crippen molar-refractivity contribution in [2.24, 2.45) is 0 Å². The predicted octanol–water partition coefficient (Wildman–Crippen LogP) is 3.73. The van der Waals surface area contributed by atoms with Gasteiger partial charge >= 0.3 is 11.9 Å². The number of hydrogen-bond acceptors (Lipinski definition) is 5. The van der Waals surface area contributed by atoms with Gasteiger partial charge in [0.05, 0.1) is 7.11 Å². The van der Waals surface area contributed by atoms with Gasteiger partial charge in [0.1, 0.15) is 11.7 Å². The van der Waals surface area contributed by atoms with Crippen LogP contribution in [0.3, 0.4) is 0 Å². The van der Waals surface area contributed by atoms with Crippen molar-refractivity contribution < 1.29 is 29.0 Å². The van der Waals surface area contributed by atoms with Crippen molar-refractivity contribution in [3.63, 3.8) is 0 Å². The van der Waals surface area contributed by atoms with Gasteiger partial charge in [-0.15, -0.1) is 0 Å². The van der Waals surface area contributed by atoms with E-state index < -0.39 is 30.2 Å². The number of carbonyl (C=O) groups is 3. The van der Waals surface area contributed by atoms with Gasteiger partial charge in [0, 0.05) is 32.7 Å². The minimum atomic E-state index is -1.35. The Bertz CT molecular complexity index is 1090. The average Bonchev–Trinajstić information content (AvgIpc) is 3.02. The van der Waals surface area contributed by atoms with Gasteiger partial charge in [-0.25, -0.2) is 4.79 Å². The molecule has 0 radical (unpaired) electrons. The molecule has 0 saturated heterocycles. The summed E-state index contributed by atoms with van der Waals surface area (Å²) >= 11 is 5.89. The molecular formula is C21H18ClNO6. The zero-order chi connectivity index (χ0) is 21.1. The number of carboxylic acids is 1. The maximum atomic E-state index is 13.3. The third-order valence-corrected chi connectivity index (χ3v) is 4.75. The molecule has 1 atom stereocenters. The van der Waals surface area contributed by atoms with Crippen LogP contribution in [-0.2, 0) is 14.3 Å². The maximum Gasteiger partial charge on any atom is 0.341 e. The Balaban J connectivity index is 2.14. The number of aromatic nitrogens is 1. The van der Waals surface area contributed by atoms with Crippen LogP contribution in [0.4, 0.5) is 0 Å². The first-order valence-corrected chi connectivity index (χ1v) is 9.04. The molecule has 150 valence electrons. The molecule has 8 heteroatoms. The molecule has 29 heavy (non-hydrogen) atoms. The lowest BCUT2D eigenvalue weighted by Crippen LogP contribution is -2.26. The minimum absolute atomic E-state index is 0.253. The number of ether oxygens (including phenoxy) is 2. The monoisotopic (exact) mass is 415 g/mol. The predicted molar refractivity (Wildman–Crippen MR) is 107 cm³/mol. The smallest absolute Gasteiger partial charge is 0.341 e. The highest BCUT2D eigenvalue weighted by Gasteiger charge is 2.35. The molecule has 3 aromatic rings. The quantitative estimate of drug-likeness (QED) is 0.346. The summed E-state index contributed by atoms with van der Waals surface area (Å²) in [6.45, 7) is 0.891. The molecule has 0 aliphatic carbocycles. The molecule has 1 unspecified atom stereocenters. The molecule has 3 rings (SSSR count). The van der Waals surface area contributed by atoms with Crippen LogP contribution in [0.1, 0.15) is 27.5 Å². The maximum absolute atomic E-state index is 13.3. The molecule has 2 N–H and O–H groups in total.